The molecule has 1 N–H and O–H groups in total. The van der Waals surface area contributed by atoms with Crippen molar-refractivity contribution in [2.75, 3.05) is 31.1 Å². The number of fused-ring (bicyclic) bond motifs is 1. The van der Waals surface area contributed by atoms with Crippen LogP contribution >= 0.6 is 0 Å². The Morgan fingerprint density at radius 3 is 2.55 bits per heavy atom. The van der Waals surface area contributed by atoms with Gasteiger partial charge in [0.15, 0.2) is 11.5 Å². The van der Waals surface area contributed by atoms with E-state index in [-0.39, 0.29) is 0 Å². The Labute approximate surface area is 120 Å². The van der Waals surface area contributed by atoms with Crippen molar-refractivity contribution in [3.8, 4) is 0 Å². The van der Waals surface area contributed by atoms with Gasteiger partial charge in [0.05, 0.1) is 0 Å². The van der Waals surface area contributed by atoms with Crippen LogP contribution in [0.5, 0.6) is 0 Å². The van der Waals surface area contributed by atoms with E-state index in [2.05, 4.69) is 49.0 Å². The first kappa shape index (κ1) is 13.4. The van der Waals surface area contributed by atoms with E-state index in [1.807, 2.05) is 0 Å². The molecule has 3 rings (SSSR count). The first-order valence-electron chi connectivity index (χ1n) is 7.44. The number of hydrogen-bond donors (Lipinski definition) is 1. The molecule has 0 atom stereocenters. The number of nitrogens with zero attached hydrogens (tertiary/aromatic N) is 2. The minimum atomic E-state index is 0.324. The maximum Gasteiger partial charge on any atom is 0.198 e. The van der Waals surface area contributed by atoms with Crippen LogP contribution in [-0.2, 0) is 0 Å². The zero-order valence-corrected chi connectivity index (χ0v) is 12.8. The van der Waals surface area contributed by atoms with E-state index in [1.165, 1.54) is 16.8 Å². The monoisotopic (exact) mass is 273 g/mol. The number of anilines is 1. The summed E-state index contributed by atoms with van der Waals surface area (Å²) in [5, 5.41) is 3.40. The molecular weight excluding hydrogens is 250 g/mol. The van der Waals surface area contributed by atoms with E-state index in [4.69, 9.17) is 4.42 Å². The van der Waals surface area contributed by atoms with Crippen LogP contribution in [0.1, 0.15) is 36.8 Å². The quantitative estimate of drug-likeness (QED) is 0.913. The maximum atomic E-state index is 5.94. The number of benzene rings is 1. The molecule has 2 aromatic rings. The normalized spacial score (nSPS) is 16.4. The van der Waals surface area contributed by atoms with Crippen molar-refractivity contribution in [2.45, 2.75) is 33.6 Å². The summed E-state index contributed by atoms with van der Waals surface area (Å²) in [5.74, 6) is 1.16. The molecule has 1 aliphatic rings. The van der Waals surface area contributed by atoms with Gasteiger partial charge < -0.3 is 14.6 Å². The Morgan fingerprint density at radius 2 is 1.90 bits per heavy atom. The van der Waals surface area contributed by atoms with Gasteiger partial charge in [-0.1, -0.05) is 13.8 Å². The van der Waals surface area contributed by atoms with Gasteiger partial charge in [0.2, 0.25) is 0 Å². The van der Waals surface area contributed by atoms with Gasteiger partial charge in [-0.15, -0.1) is 0 Å². The summed E-state index contributed by atoms with van der Waals surface area (Å²) < 4.78 is 5.94. The summed E-state index contributed by atoms with van der Waals surface area (Å²) in [6.07, 6.45) is 0. The first-order chi connectivity index (χ1) is 9.58. The summed E-state index contributed by atoms with van der Waals surface area (Å²) in [7, 11) is 0. The van der Waals surface area contributed by atoms with Crippen molar-refractivity contribution in [2.24, 2.45) is 0 Å². The van der Waals surface area contributed by atoms with Gasteiger partial charge in [-0.25, -0.2) is 4.98 Å². The van der Waals surface area contributed by atoms with Crippen molar-refractivity contribution in [3.63, 3.8) is 0 Å². The van der Waals surface area contributed by atoms with Crippen LogP contribution in [0.4, 0.5) is 5.69 Å². The highest BCUT2D eigenvalue weighted by molar-refractivity contribution is 5.83. The summed E-state index contributed by atoms with van der Waals surface area (Å²) in [6, 6.07) is 2.19. The topological polar surface area (TPSA) is 41.3 Å². The van der Waals surface area contributed by atoms with E-state index >= 15 is 0 Å². The molecule has 0 unspecified atom stereocenters. The van der Waals surface area contributed by atoms with Crippen LogP contribution in [0.15, 0.2) is 10.5 Å². The number of nitrogens with one attached hydrogen (secondary N) is 1. The molecule has 2 heterocycles. The van der Waals surface area contributed by atoms with Crippen molar-refractivity contribution in [3.05, 3.63) is 23.1 Å². The van der Waals surface area contributed by atoms with Crippen molar-refractivity contribution in [1.29, 1.82) is 0 Å². The minimum absolute atomic E-state index is 0.324. The van der Waals surface area contributed by atoms with Crippen molar-refractivity contribution >= 4 is 16.8 Å². The van der Waals surface area contributed by atoms with E-state index in [0.717, 1.165) is 43.2 Å². The standard InChI is InChI=1S/C16H23N3O/c1-10(2)16-18-13-9-14(19-7-5-17-6-8-19)11(3)12(4)15(13)20-16/h9-10,17H,5-8H2,1-4H3. The zero-order valence-electron chi connectivity index (χ0n) is 12.8. The number of aryl methyl sites for hydroxylation is 1. The molecule has 20 heavy (non-hydrogen) atoms. The molecular formula is C16H23N3O. The van der Waals surface area contributed by atoms with Gasteiger partial charge in [0.25, 0.3) is 0 Å². The Balaban J connectivity index is 2.11. The SMILES string of the molecule is Cc1c(N2CCNCC2)cc2nc(C(C)C)oc2c1C. The third-order valence-corrected chi connectivity index (χ3v) is 4.18. The molecule has 0 aliphatic carbocycles. The average molecular weight is 273 g/mol. The van der Waals surface area contributed by atoms with Crippen LogP contribution < -0.4 is 10.2 Å². The van der Waals surface area contributed by atoms with Gasteiger partial charge in [0.1, 0.15) is 5.52 Å². The van der Waals surface area contributed by atoms with Crippen LogP contribution in [-0.4, -0.2) is 31.2 Å². The lowest BCUT2D eigenvalue weighted by molar-refractivity contribution is 0.500. The fraction of sp³-hybridized carbons (Fsp3) is 0.562. The number of piperazine rings is 1. The summed E-state index contributed by atoms with van der Waals surface area (Å²) in [4.78, 5) is 7.11. The van der Waals surface area contributed by atoms with Gasteiger partial charge in [-0.05, 0) is 31.0 Å². The van der Waals surface area contributed by atoms with Crippen molar-refractivity contribution in [1.82, 2.24) is 10.3 Å². The van der Waals surface area contributed by atoms with Gasteiger partial charge >= 0.3 is 0 Å². The summed E-state index contributed by atoms with van der Waals surface area (Å²) in [6.45, 7) is 12.8. The molecule has 4 nitrogen and oxygen atoms in total. The molecule has 0 radical (unpaired) electrons. The lowest BCUT2D eigenvalue weighted by Crippen LogP contribution is -2.43. The van der Waals surface area contributed by atoms with E-state index in [9.17, 15) is 0 Å². The first-order valence-corrected chi connectivity index (χ1v) is 7.44. The predicted octanol–water partition coefficient (Wildman–Crippen LogP) is 2.98. The highest BCUT2D eigenvalue weighted by atomic mass is 16.3. The van der Waals surface area contributed by atoms with Gasteiger partial charge in [-0.2, -0.15) is 0 Å². The van der Waals surface area contributed by atoms with Crippen LogP contribution in [0, 0.1) is 13.8 Å². The fourth-order valence-electron chi connectivity index (χ4n) is 2.80. The second-order valence-corrected chi connectivity index (χ2v) is 5.94. The van der Waals surface area contributed by atoms with E-state index < -0.39 is 0 Å². The third-order valence-electron chi connectivity index (χ3n) is 4.18. The summed E-state index contributed by atoms with van der Waals surface area (Å²) in [5.41, 5.74) is 5.77. The highest BCUT2D eigenvalue weighted by Crippen LogP contribution is 2.32. The Hall–Kier alpha value is -1.55. The molecule has 4 heteroatoms. The summed E-state index contributed by atoms with van der Waals surface area (Å²) >= 11 is 0. The lowest BCUT2D eigenvalue weighted by Gasteiger charge is -2.31. The van der Waals surface area contributed by atoms with E-state index in [0.29, 0.717) is 5.92 Å². The molecule has 0 amide bonds. The van der Waals surface area contributed by atoms with Crippen LogP contribution in [0.3, 0.4) is 0 Å². The number of oxazole rings is 1. The smallest absolute Gasteiger partial charge is 0.198 e. The van der Waals surface area contributed by atoms with E-state index in [1.54, 1.807) is 0 Å². The molecule has 1 aromatic heterocycles. The average Bonchev–Trinajstić information content (AvgIpc) is 2.88. The molecule has 0 saturated carbocycles. The third kappa shape index (κ3) is 2.18. The Bertz CT molecular complexity index is 624. The second kappa shape index (κ2) is 5.09. The molecule has 0 bridgehead atoms. The molecule has 0 spiro atoms. The van der Waals surface area contributed by atoms with Crippen molar-refractivity contribution < 1.29 is 4.42 Å². The number of hydrogen-bond acceptors (Lipinski definition) is 4. The Kier molecular flexibility index (Phi) is 3.42. The van der Waals surface area contributed by atoms with Crippen LogP contribution in [0.2, 0.25) is 0 Å². The maximum absolute atomic E-state index is 5.94. The largest absolute Gasteiger partial charge is 0.440 e. The molecule has 1 saturated heterocycles. The van der Waals surface area contributed by atoms with Gasteiger partial charge in [0, 0.05) is 37.8 Å². The number of aromatic nitrogens is 1. The second-order valence-electron chi connectivity index (χ2n) is 5.94. The number of rotatable bonds is 2. The lowest BCUT2D eigenvalue weighted by atomic mass is 10.1. The molecule has 1 aliphatic heterocycles. The molecule has 108 valence electrons. The molecule has 1 fully saturated rings. The fourth-order valence-corrected chi connectivity index (χ4v) is 2.80. The highest BCUT2D eigenvalue weighted by Gasteiger charge is 2.19. The zero-order chi connectivity index (χ0) is 14.3. The van der Waals surface area contributed by atoms with Crippen LogP contribution in [0.25, 0.3) is 11.1 Å². The predicted molar refractivity (Wildman–Crippen MR) is 82.7 cm³/mol. The Morgan fingerprint density at radius 1 is 1.20 bits per heavy atom. The van der Waals surface area contributed by atoms with Gasteiger partial charge in [-0.3, -0.25) is 0 Å². The minimum Gasteiger partial charge on any atom is -0.440 e. The molecule has 1 aromatic carbocycles.